The molecule has 2 rings (SSSR count). The average molecular weight is 343 g/mol. The first-order valence-electron chi connectivity index (χ1n) is 8.32. The van der Waals surface area contributed by atoms with Gasteiger partial charge in [0.25, 0.3) is 0 Å². The van der Waals surface area contributed by atoms with Crippen molar-refractivity contribution >= 4 is 5.91 Å². The van der Waals surface area contributed by atoms with Crippen LogP contribution in [0.25, 0.3) is 0 Å². The molecule has 0 saturated carbocycles. The first kappa shape index (κ1) is 18.8. The van der Waals surface area contributed by atoms with Gasteiger partial charge in [-0.1, -0.05) is 36.4 Å². The molecule has 2 aromatic rings. The zero-order valence-electron chi connectivity index (χ0n) is 14.8. The number of nitrogens with one attached hydrogen (secondary N) is 1. The number of benzene rings is 2. The van der Waals surface area contributed by atoms with Crippen LogP contribution in [0.4, 0.5) is 0 Å². The van der Waals surface area contributed by atoms with Crippen LogP contribution in [0.1, 0.15) is 17.5 Å². The van der Waals surface area contributed by atoms with Crippen molar-refractivity contribution in [1.82, 2.24) is 5.32 Å². The highest BCUT2D eigenvalue weighted by atomic mass is 16.5. The molecule has 0 heterocycles. The molecule has 0 aromatic heterocycles. The molecule has 0 radical (unpaired) electrons. The Morgan fingerprint density at radius 1 is 0.960 bits per heavy atom. The van der Waals surface area contributed by atoms with E-state index in [0.717, 1.165) is 17.5 Å². The molecule has 0 aliphatic rings. The molecule has 1 amide bonds. The van der Waals surface area contributed by atoms with Gasteiger partial charge in [0.05, 0.1) is 27.2 Å². The van der Waals surface area contributed by atoms with E-state index in [2.05, 4.69) is 5.32 Å². The van der Waals surface area contributed by atoms with Crippen LogP contribution >= 0.6 is 0 Å². The molecule has 0 spiro atoms. The highest BCUT2D eigenvalue weighted by molar-refractivity contribution is 5.78. The maximum atomic E-state index is 12.0. The predicted octanol–water partition coefficient (Wildman–Crippen LogP) is 2.97. The summed E-state index contributed by atoms with van der Waals surface area (Å²) in [5, 5.41) is 2.90. The van der Waals surface area contributed by atoms with E-state index in [1.165, 1.54) is 0 Å². The van der Waals surface area contributed by atoms with E-state index in [1.54, 1.807) is 20.3 Å². The van der Waals surface area contributed by atoms with Crippen molar-refractivity contribution in [2.45, 2.75) is 19.4 Å². The topological polar surface area (TPSA) is 56.8 Å². The Bertz CT molecular complexity index is 658. The molecule has 5 nitrogen and oxygen atoms in total. The van der Waals surface area contributed by atoms with E-state index >= 15 is 0 Å². The molecule has 0 unspecified atom stereocenters. The standard InChI is InChI=1S/C20H25NO4/c1-23-18-10-9-17(13-19(18)24-2)14-20(22)21-11-6-12-25-15-16-7-4-3-5-8-16/h3-5,7-10,13H,6,11-12,14-15H2,1-2H3,(H,21,22). The second-order valence-electron chi connectivity index (χ2n) is 5.61. The highest BCUT2D eigenvalue weighted by Crippen LogP contribution is 2.27. The predicted molar refractivity (Wildman–Crippen MR) is 97.0 cm³/mol. The van der Waals surface area contributed by atoms with Crippen LogP contribution in [0.2, 0.25) is 0 Å². The number of hydrogen-bond acceptors (Lipinski definition) is 4. The lowest BCUT2D eigenvalue weighted by molar-refractivity contribution is -0.120. The monoisotopic (exact) mass is 343 g/mol. The molecule has 5 heteroatoms. The van der Waals surface area contributed by atoms with Crippen LogP contribution in [-0.4, -0.2) is 33.3 Å². The molecule has 1 N–H and O–H groups in total. The first-order chi connectivity index (χ1) is 12.2. The van der Waals surface area contributed by atoms with Gasteiger partial charge in [-0.15, -0.1) is 0 Å². The number of hydrogen-bond donors (Lipinski definition) is 1. The second-order valence-corrected chi connectivity index (χ2v) is 5.61. The van der Waals surface area contributed by atoms with Gasteiger partial charge in [0.2, 0.25) is 5.91 Å². The normalized spacial score (nSPS) is 10.3. The molecule has 0 aliphatic carbocycles. The van der Waals surface area contributed by atoms with Crippen LogP contribution in [0, 0.1) is 0 Å². The average Bonchev–Trinajstić information content (AvgIpc) is 2.65. The Morgan fingerprint density at radius 3 is 2.44 bits per heavy atom. The van der Waals surface area contributed by atoms with Crippen molar-refractivity contribution in [3.8, 4) is 11.5 Å². The summed E-state index contributed by atoms with van der Waals surface area (Å²) in [6.07, 6.45) is 1.09. The maximum absolute atomic E-state index is 12.0. The molecule has 0 bridgehead atoms. The van der Waals surface area contributed by atoms with E-state index in [-0.39, 0.29) is 5.91 Å². The fourth-order valence-corrected chi connectivity index (χ4v) is 2.40. The minimum atomic E-state index is -0.0183. The molecule has 134 valence electrons. The maximum Gasteiger partial charge on any atom is 0.224 e. The van der Waals surface area contributed by atoms with Crippen LogP contribution in [0.5, 0.6) is 11.5 Å². The van der Waals surface area contributed by atoms with Crippen LogP contribution in [-0.2, 0) is 22.6 Å². The second kappa shape index (κ2) is 10.4. The Kier molecular flexibility index (Phi) is 7.79. The third kappa shape index (κ3) is 6.47. The minimum absolute atomic E-state index is 0.0183. The quantitative estimate of drug-likeness (QED) is 0.674. The van der Waals surface area contributed by atoms with Crippen molar-refractivity contribution in [1.29, 1.82) is 0 Å². The molecule has 25 heavy (non-hydrogen) atoms. The summed E-state index contributed by atoms with van der Waals surface area (Å²) in [5.74, 6) is 1.26. The van der Waals surface area contributed by atoms with Crippen LogP contribution < -0.4 is 14.8 Å². The number of rotatable bonds is 10. The summed E-state index contributed by atoms with van der Waals surface area (Å²) in [6.45, 7) is 1.81. The highest BCUT2D eigenvalue weighted by Gasteiger charge is 2.08. The lowest BCUT2D eigenvalue weighted by Gasteiger charge is -2.10. The zero-order valence-corrected chi connectivity index (χ0v) is 14.8. The summed E-state index contributed by atoms with van der Waals surface area (Å²) in [4.78, 5) is 12.0. The third-order valence-electron chi connectivity index (χ3n) is 3.71. The number of carbonyl (C=O) groups excluding carboxylic acids is 1. The van der Waals surface area contributed by atoms with Gasteiger partial charge in [0.15, 0.2) is 11.5 Å². The van der Waals surface area contributed by atoms with Gasteiger partial charge in [0, 0.05) is 13.2 Å². The van der Waals surface area contributed by atoms with Gasteiger partial charge in [-0.05, 0) is 29.7 Å². The molecular formula is C20H25NO4. The molecule has 0 saturated heterocycles. The fourth-order valence-electron chi connectivity index (χ4n) is 2.40. The smallest absolute Gasteiger partial charge is 0.224 e. The molecule has 0 atom stereocenters. The SMILES string of the molecule is COc1ccc(CC(=O)NCCCOCc2ccccc2)cc1OC. The van der Waals surface area contributed by atoms with E-state index < -0.39 is 0 Å². The van der Waals surface area contributed by atoms with E-state index in [0.29, 0.717) is 37.7 Å². The first-order valence-corrected chi connectivity index (χ1v) is 8.32. The summed E-state index contributed by atoms with van der Waals surface area (Å²) in [7, 11) is 3.17. The van der Waals surface area contributed by atoms with E-state index in [9.17, 15) is 4.79 Å². The van der Waals surface area contributed by atoms with Crippen molar-refractivity contribution in [2.75, 3.05) is 27.4 Å². The summed E-state index contributed by atoms with van der Waals surface area (Å²) in [6, 6.07) is 15.5. The molecular weight excluding hydrogens is 318 g/mol. The number of methoxy groups -OCH3 is 2. The van der Waals surface area contributed by atoms with Gasteiger partial charge >= 0.3 is 0 Å². The molecule has 0 fully saturated rings. The lowest BCUT2D eigenvalue weighted by atomic mass is 10.1. The Morgan fingerprint density at radius 2 is 1.72 bits per heavy atom. The number of amides is 1. The van der Waals surface area contributed by atoms with Gasteiger partial charge in [-0.2, -0.15) is 0 Å². The van der Waals surface area contributed by atoms with E-state index in [4.69, 9.17) is 14.2 Å². The van der Waals surface area contributed by atoms with Crippen molar-refractivity contribution < 1.29 is 19.0 Å². The van der Waals surface area contributed by atoms with Crippen molar-refractivity contribution in [3.63, 3.8) is 0 Å². The van der Waals surface area contributed by atoms with Crippen molar-refractivity contribution in [2.24, 2.45) is 0 Å². The number of carbonyl (C=O) groups is 1. The summed E-state index contributed by atoms with van der Waals surface area (Å²) in [5.41, 5.74) is 2.04. The summed E-state index contributed by atoms with van der Waals surface area (Å²) >= 11 is 0. The molecule has 0 aliphatic heterocycles. The Balaban J connectivity index is 1.64. The van der Waals surface area contributed by atoms with Crippen LogP contribution in [0.15, 0.2) is 48.5 Å². The Hall–Kier alpha value is -2.53. The Labute approximate surface area is 148 Å². The fraction of sp³-hybridized carbons (Fsp3) is 0.350. The number of ether oxygens (including phenoxy) is 3. The van der Waals surface area contributed by atoms with Gasteiger partial charge < -0.3 is 19.5 Å². The molecule has 2 aromatic carbocycles. The van der Waals surface area contributed by atoms with E-state index in [1.807, 2.05) is 42.5 Å². The minimum Gasteiger partial charge on any atom is -0.493 e. The van der Waals surface area contributed by atoms with Gasteiger partial charge in [-0.3, -0.25) is 4.79 Å². The largest absolute Gasteiger partial charge is 0.493 e. The van der Waals surface area contributed by atoms with Crippen molar-refractivity contribution in [3.05, 3.63) is 59.7 Å². The third-order valence-corrected chi connectivity index (χ3v) is 3.71. The van der Waals surface area contributed by atoms with Gasteiger partial charge in [0.1, 0.15) is 0 Å². The lowest BCUT2D eigenvalue weighted by Crippen LogP contribution is -2.26. The van der Waals surface area contributed by atoms with Gasteiger partial charge in [-0.25, -0.2) is 0 Å². The van der Waals surface area contributed by atoms with Crippen LogP contribution in [0.3, 0.4) is 0 Å². The zero-order chi connectivity index (χ0) is 17.9. The summed E-state index contributed by atoms with van der Waals surface area (Å²) < 4.78 is 16.0.